The molecule has 0 bridgehead atoms. The average molecular weight is 272 g/mol. The van der Waals surface area contributed by atoms with Gasteiger partial charge >= 0.3 is 0 Å². The van der Waals surface area contributed by atoms with Crippen LogP contribution in [0.25, 0.3) is 5.65 Å². The second-order valence-corrected chi connectivity index (χ2v) is 4.43. The topological polar surface area (TPSA) is 62.5 Å². The summed E-state index contributed by atoms with van der Waals surface area (Å²) in [7, 11) is 0. The van der Waals surface area contributed by atoms with Crippen molar-refractivity contribution >= 4 is 11.6 Å². The van der Waals surface area contributed by atoms with Crippen molar-refractivity contribution in [1.29, 1.82) is 0 Å². The van der Waals surface area contributed by atoms with Crippen molar-refractivity contribution in [1.82, 2.24) is 14.6 Å². The zero-order valence-electron chi connectivity index (χ0n) is 10.6. The molecule has 2 N–H and O–H groups in total. The normalized spacial score (nSPS) is 10.8. The maximum atomic E-state index is 13.0. The molecule has 3 aromatic rings. The van der Waals surface area contributed by atoms with Crippen LogP contribution in [0.15, 0.2) is 42.6 Å². The Morgan fingerprint density at radius 1 is 1.15 bits per heavy atom. The van der Waals surface area contributed by atoms with E-state index in [1.807, 2.05) is 12.1 Å². The third kappa shape index (κ3) is 2.69. The highest BCUT2D eigenvalue weighted by Crippen LogP contribution is 2.11. The fourth-order valence-electron chi connectivity index (χ4n) is 1.91. The van der Waals surface area contributed by atoms with E-state index < -0.39 is 0 Å². The van der Waals surface area contributed by atoms with E-state index in [1.165, 1.54) is 16.8 Å². The highest BCUT2D eigenvalue weighted by molar-refractivity contribution is 5.43. The van der Waals surface area contributed by atoms with Crippen molar-refractivity contribution in [2.24, 2.45) is 0 Å². The lowest BCUT2D eigenvalue weighted by molar-refractivity contribution is 0.475. The maximum absolute atomic E-state index is 13.0. The van der Waals surface area contributed by atoms with Crippen LogP contribution in [0, 0.1) is 5.82 Å². The minimum atomic E-state index is -0.349. The summed E-state index contributed by atoms with van der Waals surface area (Å²) in [5.41, 5.74) is 1.70. The highest BCUT2D eigenvalue weighted by Gasteiger charge is 2.03. The summed E-state index contributed by atoms with van der Waals surface area (Å²) in [6.07, 6.45) is 2.07. The molecular formula is C14H13FN4O. The molecule has 3 rings (SSSR count). The van der Waals surface area contributed by atoms with E-state index in [4.69, 9.17) is 0 Å². The molecule has 2 heterocycles. The summed E-state index contributed by atoms with van der Waals surface area (Å²) in [6, 6.07) is 9.97. The van der Waals surface area contributed by atoms with Crippen molar-refractivity contribution in [2.45, 2.75) is 6.42 Å². The van der Waals surface area contributed by atoms with Gasteiger partial charge in [-0.3, -0.25) is 0 Å². The van der Waals surface area contributed by atoms with Crippen LogP contribution in [0.5, 0.6) is 5.75 Å². The van der Waals surface area contributed by atoms with Gasteiger partial charge in [0.1, 0.15) is 11.6 Å². The molecule has 1 aromatic carbocycles. The predicted octanol–water partition coefficient (Wildman–Crippen LogP) is 2.23. The Labute approximate surface area is 114 Å². The molecule has 5 nitrogen and oxygen atoms in total. The number of phenolic OH excluding ortho intramolecular Hbond substituents is 1. The van der Waals surface area contributed by atoms with E-state index in [1.54, 1.807) is 18.2 Å². The Morgan fingerprint density at radius 3 is 2.75 bits per heavy atom. The van der Waals surface area contributed by atoms with Crippen LogP contribution in [-0.4, -0.2) is 26.2 Å². The molecule has 102 valence electrons. The molecule has 2 aromatic heterocycles. The third-order valence-electron chi connectivity index (χ3n) is 2.93. The SMILES string of the molecule is Oc1ccc(CCNc2nc3ccc(F)cn3n2)cc1. The highest BCUT2D eigenvalue weighted by atomic mass is 19.1. The Bertz CT molecular complexity index is 724. The van der Waals surface area contributed by atoms with Crippen molar-refractivity contribution in [3.05, 3.63) is 54.0 Å². The molecule has 0 radical (unpaired) electrons. The van der Waals surface area contributed by atoms with Crippen LogP contribution in [0.2, 0.25) is 0 Å². The molecule has 0 atom stereocenters. The summed E-state index contributed by atoms with van der Waals surface area (Å²) in [5, 5.41) is 16.4. The lowest BCUT2D eigenvalue weighted by Gasteiger charge is -2.02. The lowest BCUT2D eigenvalue weighted by atomic mass is 10.1. The first kappa shape index (κ1) is 12.4. The van der Waals surface area contributed by atoms with Crippen LogP contribution in [0.1, 0.15) is 5.56 Å². The summed E-state index contributed by atoms with van der Waals surface area (Å²) in [4.78, 5) is 4.23. The van der Waals surface area contributed by atoms with Gasteiger partial charge in [-0.15, -0.1) is 5.10 Å². The number of hydrogen-bond acceptors (Lipinski definition) is 4. The maximum Gasteiger partial charge on any atom is 0.243 e. The van der Waals surface area contributed by atoms with Gasteiger partial charge in [0, 0.05) is 6.54 Å². The first-order chi connectivity index (χ1) is 9.70. The molecule has 0 fully saturated rings. The molecule has 0 aliphatic rings. The second-order valence-electron chi connectivity index (χ2n) is 4.43. The summed E-state index contributed by atoms with van der Waals surface area (Å²) >= 11 is 0. The van der Waals surface area contributed by atoms with E-state index in [2.05, 4.69) is 15.4 Å². The Hall–Kier alpha value is -2.63. The van der Waals surface area contributed by atoms with E-state index in [9.17, 15) is 9.50 Å². The lowest BCUT2D eigenvalue weighted by Crippen LogP contribution is -2.06. The van der Waals surface area contributed by atoms with Gasteiger partial charge in [-0.2, -0.15) is 4.98 Å². The number of halogens is 1. The number of benzene rings is 1. The average Bonchev–Trinajstić information content (AvgIpc) is 2.83. The van der Waals surface area contributed by atoms with Crippen LogP contribution in [-0.2, 0) is 6.42 Å². The van der Waals surface area contributed by atoms with E-state index in [-0.39, 0.29) is 11.6 Å². The fraction of sp³-hybridized carbons (Fsp3) is 0.143. The molecule has 20 heavy (non-hydrogen) atoms. The molecule has 0 aliphatic carbocycles. The van der Waals surface area contributed by atoms with E-state index in [0.717, 1.165) is 12.0 Å². The molecule has 0 amide bonds. The van der Waals surface area contributed by atoms with Gasteiger partial charge < -0.3 is 10.4 Å². The molecule has 0 saturated carbocycles. The minimum absolute atomic E-state index is 0.255. The van der Waals surface area contributed by atoms with E-state index in [0.29, 0.717) is 18.1 Å². The molecule has 0 spiro atoms. The zero-order chi connectivity index (χ0) is 13.9. The second kappa shape index (κ2) is 5.16. The third-order valence-corrected chi connectivity index (χ3v) is 2.93. The smallest absolute Gasteiger partial charge is 0.243 e. The molecule has 0 saturated heterocycles. The number of phenols is 1. The van der Waals surface area contributed by atoms with Crippen LogP contribution in [0.3, 0.4) is 0 Å². The summed E-state index contributed by atoms with van der Waals surface area (Å²) < 4.78 is 14.4. The van der Waals surface area contributed by atoms with Gasteiger partial charge in [0.15, 0.2) is 5.65 Å². The van der Waals surface area contributed by atoms with Gasteiger partial charge in [0.2, 0.25) is 5.95 Å². The monoisotopic (exact) mass is 272 g/mol. The number of pyridine rings is 1. The number of nitrogens with one attached hydrogen (secondary N) is 1. The zero-order valence-corrected chi connectivity index (χ0v) is 10.6. The first-order valence-electron chi connectivity index (χ1n) is 6.24. The van der Waals surface area contributed by atoms with Gasteiger partial charge in [-0.05, 0) is 36.2 Å². The van der Waals surface area contributed by atoms with E-state index >= 15 is 0 Å². The number of fused-ring (bicyclic) bond motifs is 1. The Kier molecular flexibility index (Phi) is 3.20. The van der Waals surface area contributed by atoms with Crippen molar-refractivity contribution in [2.75, 3.05) is 11.9 Å². The number of aromatic nitrogens is 3. The molecule has 0 unspecified atom stereocenters. The van der Waals surface area contributed by atoms with Gasteiger partial charge in [0.25, 0.3) is 0 Å². The summed E-state index contributed by atoms with van der Waals surface area (Å²) in [6.45, 7) is 0.657. The number of hydrogen-bond donors (Lipinski definition) is 2. The molecular weight excluding hydrogens is 259 g/mol. The predicted molar refractivity (Wildman–Crippen MR) is 73.2 cm³/mol. The van der Waals surface area contributed by atoms with Crippen LogP contribution < -0.4 is 5.32 Å². The standard InChI is InChI=1S/C14H13FN4O/c15-11-3-6-13-17-14(18-19(13)9-11)16-8-7-10-1-4-12(20)5-2-10/h1-6,9,20H,7-8H2,(H,16,18). The van der Waals surface area contributed by atoms with Gasteiger partial charge in [-0.25, -0.2) is 8.91 Å². The quantitative estimate of drug-likeness (QED) is 0.764. The minimum Gasteiger partial charge on any atom is -0.508 e. The Morgan fingerprint density at radius 2 is 1.95 bits per heavy atom. The number of rotatable bonds is 4. The number of nitrogens with zero attached hydrogens (tertiary/aromatic N) is 3. The number of aromatic hydroxyl groups is 1. The molecule has 0 aliphatic heterocycles. The van der Waals surface area contributed by atoms with Crippen LogP contribution >= 0.6 is 0 Å². The Balaban J connectivity index is 1.63. The summed E-state index contributed by atoms with van der Waals surface area (Å²) in [5.74, 6) is 0.373. The van der Waals surface area contributed by atoms with Crippen molar-refractivity contribution in [3.8, 4) is 5.75 Å². The van der Waals surface area contributed by atoms with Crippen LogP contribution in [0.4, 0.5) is 10.3 Å². The number of anilines is 1. The van der Waals surface area contributed by atoms with Crippen molar-refractivity contribution in [3.63, 3.8) is 0 Å². The fourth-order valence-corrected chi connectivity index (χ4v) is 1.91. The molecule has 6 heteroatoms. The first-order valence-corrected chi connectivity index (χ1v) is 6.24. The van der Waals surface area contributed by atoms with Gasteiger partial charge in [0.05, 0.1) is 6.20 Å². The van der Waals surface area contributed by atoms with Crippen molar-refractivity contribution < 1.29 is 9.50 Å². The van der Waals surface area contributed by atoms with Gasteiger partial charge in [-0.1, -0.05) is 12.1 Å². The largest absolute Gasteiger partial charge is 0.508 e.